The minimum absolute atomic E-state index is 0.291. The number of halogens is 1. The first kappa shape index (κ1) is 12.0. The highest BCUT2D eigenvalue weighted by atomic mass is 35.5. The van der Waals surface area contributed by atoms with Gasteiger partial charge in [-0.2, -0.15) is 0 Å². The van der Waals surface area contributed by atoms with Crippen molar-refractivity contribution in [3.05, 3.63) is 40.7 Å². The van der Waals surface area contributed by atoms with Crippen LogP contribution in [0.3, 0.4) is 0 Å². The Balaban J connectivity index is 2.36. The third-order valence-corrected chi connectivity index (χ3v) is 2.96. The van der Waals surface area contributed by atoms with Gasteiger partial charge in [0.05, 0.1) is 12.2 Å². The summed E-state index contributed by atoms with van der Waals surface area (Å²) in [6.07, 6.45) is 1.79. The van der Waals surface area contributed by atoms with Crippen molar-refractivity contribution in [2.45, 2.75) is 33.2 Å². The molecule has 0 radical (unpaired) electrons. The third kappa shape index (κ3) is 2.47. The fraction of sp³-hybridized carbons (Fsp3) is 0.417. The van der Waals surface area contributed by atoms with Gasteiger partial charge in [-0.05, 0) is 30.2 Å². The van der Waals surface area contributed by atoms with E-state index in [4.69, 9.17) is 11.6 Å². The molecule has 0 bridgehead atoms. The molecule has 17 heavy (non-hydrogen) atoms. The molecule has 0 N–H and O–H groups in total. The molecule has 0 atom stereocenters. The fourth-order valence-corrected chi connectivity index (χ4v) is 1.89. The van der Waals surface area contributed by atoms with Gasteiger partial charge in [0, 0.05) is 12.1 Å². The summed E-state index contributed by atoms with van der Waals surface area (Å²) < 4.78 is 1.90. The van der Waals surface area contributed by atoms with Crippen LogP contribution in [0.2, 0.25) is 5.28 Å². The van der Waals surface area contributed by atoms with Crippen LogP contribution >= 0.6 is 11.6 Å². The Labute approximate surface area is 106 Å². The topological polar surface area (TPSA) is 43.6 Å². The molecule has 0 saturated heterocycles. The Morgan fingerprint density at radius 1 is 1.35 bits per heavy atom. The molecule has 2 aromatic heterocycles. The predicted molar refractivity (Wildman–Crippen MR) is 67.2 cm³/mol. The molecule has 0 aliphatic heterocycles. The van der Waals surface area contributed by atoms with E-state index in [0.717, 1.165) is 17.1 Å². The zero-order valence-electron chi connectivity index (χ0n) is 10.2. The van der Waals surface area contributed by atoms with Crippen molar-refractivity contribution in [2.75, 3.05) is 0 Å². The lowest BCUT2D eigenvalue weighted by molar-refractivity contribution is 0.659. The molecule has 0 amide bonds. The maximum atomic E-state index is 6.05. The molecule has 2 heterocycles. The number of rotatable bonds is 3. The van der Waals surface area contributed by atoms with Gasteiger partial charge >= 0.3 is 0 Å². The van der Waals surface area contributed by atoms with E-state index in [2.05, 4.69) is 29.0 Å². The Hall–Kier alpha value is -1.42. The average molecular weight is 251 g/mol. The molecule has 0 unspecified atom stereocenters. The predicted octanol–water partition coefficient (Wildman–Crippen LogP) is 2.81. The van der Waals surface area contributed by atoms with Crippen LogP contribution in [0.4, 0.5) is 0 Å². The molecule has 2 rings (SSSR count). The molecule has 90 valence electrons. The van der Waals surface area contributed by atoms with E-state index in [9.17, 15) is 0 Å². The molecule has 0 aliphatic carbocycles. The van der Waals surface area contributed by atoms with E-state index in [-0.39, 0.29) is 0 Å². The van der Waals surface area contributed by atoms with Gasteiger partial charge in [-0.3, -0.25) is 9.55 Å². The highest BCUT2D eigenvalue weighted by molar-refractivity contribution is 6.28. The van der Waals surface area contributed by atoms with E-state index in [0.29, 0.717) is 17.7 Å². The number of nitrogens with zero attached hydrogens (tertiary/aromatic N) is 4. The first-order valence-corrected chi connectivity index (χ1v) is 5.96. The van der Waals surface area contributed by atoms with Gasteiger partial charge in [-0.1, -0.05) is 19.9 Å². The van der Waals surface area contributed by atoms with Gasteiger partial charge in [0.2, 0.25) is 5.28 Å². The van der Waals surface area contributed by atoms with Crippen LogP contribution in [-0.4, -0.2) is 19.7 Å². The molecule has 5 heteroatoms. The summed E-state index contributed by atoms with van der Waals surface area (Å²) in [6, 6.07) is 3.96. The van der Waals surface area contributed by atoms with E-state index >= 15 is 0 Å². The average Bonchev–Trinajstić information content (AvgIpc) is 2.64. The smallest absolute Gasteiger partial charge is 0.225 e. The number of hydrogen-bond acceptors (Lipinski definition) is 3. The van der Waals surface area contributed by atoms with E-state index in [1.807, 2.05) is 23.6 Å². The zero-order valence-corrected chi connectivity index (χ0v) is 10.9. The Kier molecular flexibility index (Phi) is 3.43. The molecular formula is C12H15ClN4. The van der Waals surface area contributed by atoms with Crippen LogP contribution in [0.25, 0.3) is 0 Å². The normalized spacial score (nSPS) is 11.1. The van der Waals surface area contributed by atoms with Crippen LogP contribution in [0.1, 0.15) is 36.8 Å². The van der Waals surface area contributed by atoms with Gasteiger partial charge in [0.25, 0.3) is 0 Å². The lowest BCUT2D eigenvalue weighted by atomic mass is 10.2. The Morgan fingerprint density at radius 2 is 2.12 bits per heavy atom. The van der Waals surface area contributed by atoms with Crippen molar-refractivity contribution in [3.63, 3.8) is 0 Å². The highest BCUT2D eigenvalue weighted by Crippen LogP contribution is 2.18. The summed E-state index contributed by atoms with van der Waals surface area (Å²) in [7, 11) is 0. The second-order valence-corrected chi connectivity index (χ2v) is 4.67. The third-order valence-electron chi connectivity index (χ3n) is 2.68. The molecule has 0 aromatic carbocycles. The summed E-state index contributed by atoms with van der Waals surface area (Å²) in [4.78, 5) is 4.36. The van der Waals surface area contributed by atoms with Gasteiger partial charge in [0.1, 0.15) is 5.82 Å². The van der Waals surface area contributed by atoms with Crippen LogP contribution in [0, 0.1) is 6.92 Å². The highest BCUT2D eigenvalue weighted by Gasteiger charge is 2.14. The summed E-state index contributed by atoms with van der Waals surface area (Å²) in [5, 5.41) is 8.42. The van der Waals surface area contributed by atoms with Crippen LogP contribution < -0.4 is 0 Å². The maximum Gasteiger partial charge on any atom is 0.225 e. The minimum Gasteiger partial charge on any atom is -0.295 e. The summed E-state index contributed by atoms with van der Waals surface area (Å²) in [5.41, 5.74) is 2.14. The maximum absolute atomic E-state index is 6.05. The molecule has 0 fully saturated rings. The molecular weight excluding hydrogens is 236 g/mol. The quantitative estimate of drug-likeness (QED) is 0.841. The summed E-state index contributed by atoms with van der Waals surface area (Å²) in [6.45, 7) is 6.80. The Morgan fingerprint density at radius 3 is 2.76 bits per heavy atom. The van der Waals surface area contributed by atoms with Crippen molar-refractivity contribution in [3.8, 4) is 0 Å². The van der Waals surface area contributed by atoms with Gasteiger partial charge in [-0.15, -0.1) is 10.2 Å². The van der Waals surface area contributed by atoms with Crippen LogP contribution in [0.15, 0.2) is 18.3 Å². The van der Waals surface area contributed by atoms with Gasteiger partial charge < -0.3 is 0 Å². The van der Waals surface area contributed by atoms with E-state index in [1.54, 1.807) is 6.20 Å². The van der Waals surface area contributed by atoms with E-state index in [1.165, 1.54) is 0 Å². The molecule has 2 aromatic rings. The molecule has 0 aliphatic rings. The van der Waals surface area contributed by atoms with Crippen molar-refractivity contribution < 1.29 is 0 Å². The summed E-state index contributed by atoms with van der Waals surface area (Å²) in [5.74, 6) is 1.18. The van der Waals surface area contributed by atoms with Gasteiger partial charge in [-0.25, -0.2) is 0 Å². The lowest BCUT2D eigenvalue weighted by Crippen LogP contribution is -2.09. The second kappa shape index (κ2) is 4.84. The molecule has 0 spiro atoms. The number of aryl methyl sites for hydroxylation is 1. The molecule has 0 saturated carbocycles. The first-order valence-electron chi connectivity index (χ1n) is 5.58. The van der Waals surface area contributed by atoms with Crippen molar-refractivity contribution >= 4 is 11.6 Å². The zero-order chi connectivity index (χ0) is 12.4. The van der Waals surface area contributed by atoms with Crippen LogP contribution in [0.5, 0.6) is 0 Å². The van der Waals surface area contributed by atoms with Crippen molar-refractivity contribution in [1.82, 2.24) is 19.7 Å². The fourth-order valence-electron chi connectivity index (χ4n) is 1.70. The number of hydrogen-bond donors (Lipinski definition) is 0. The lowest BCUT2D eigenvalue weighted by Gasteiger charge is -2.10. The van der Waals surface area contributed by atoms with E-state index < -0.39 is 0 Å². The monoisotopic (exact) mass is 250 g/mol. The standard InChI is InChI=1S/C12H15ClN4/c1-8(2)11-15-16-12(13)17(11)7-10-9(3)5-4-6-14-10/h4-6,8H,7H2,1-3H3. The second-order valence-electron chi connectivity index (χ2n) is 4.34. The van der Waals surface area contributed by atoms with Crippen LogP contribution in [-0.2, 0) is 6.54 Å². The summed E-state index contributed by atoms with van der Waals surface area (Å²) >= 11 is 6.05. The SMILES string of the molecule is Cc1cccnc1Cn1c(Cl)nnc1C(C)C. The number of aromatic nitrogens is 4. The first-order chi connectivity index (χ1) is 8.09. The largest absolute Gasteiger partial charge is 0.295 e. The molecule has 4 nitrogen and oxygen atoms in total. The Bertz CT molecular complexity index is 519. The van der Waals surface area contributed by atoms with Crippen molar-refractivity contribution in [1.29, 1.82) is 0 Å². The minimum atomic E-state index is 0.291. The van der Waals surface area contributed by atoms with Crippen molar-refractivity contribution in [2.24, 2.45) is 0 Å². The number of pyridine rings is 1. The van der Waals surface area contributed by atoms with Gasteiger partial charge in [0.15, 0.2) is 0 Å².